The maximum absolute atomic E-state index is 13.0. The third-order valence-corrected chi connectivity index (χ3v) is 5.09. The molecule has 0 radical (unpaired) electrons. The minimum absolute atomic E-state index is 0.0682. The number of nitrogens with one attached hydrogen (secondary N) is 1. The standard InChI is InChI=1S/C20H18F3N3O2/c1-12-9-25(10-14-4-2-3-5-15(12)14)18(27)13-6-7-16-17(8-13)26(19(28)24-16)11-20(21,22)23/h2-8,12H,9-11H2,1H3,(H,24,28). The Bertz CT molecular complexity index is 1110. The van der Waals surface area contributed by atoms with Gasteiger partial charge in [-0.05, 0) is 35.2 Å². The number of H-pyrrole nitrogens is 1. The van der Waals surface area contributed by atoms with Crippen LogP contribution in [0, 0.1) is 0 Å². The van der Waals surface area contributed by atoms with Gasteiger partial charge in [-0.25, -0.2) is 4.79 Å². The van der Waals surface area contributed by atoms with E-state index in [9.17, 15) is 22.8 Å². The molecule has 8 heteroatoms. The Kier molecular flexibility index (Phi) is 4.28. The zero-order chi connectivity index (χ0) is 20.1. The van der Waals surface area contributed by atoms with Gasteiger partial charge in [0.2, 0.25) is 0 Å². The van der Waals surface area contributed by atoms with Crippen molar-refractivity contribution in [2.45, 2.75) is 32.1 Å². The van der Waals surface area contributed by atoms with E-state index >= 15 is 0 Å². The lowest BCUT2D eigenvalue weighted by molar-refractivity contribution is -0.140. The first-order valence-corrected chi connectivity index (χ1v) is 8.89. The topological polar surface area (TPSA) is 58.1 Å². The number of aromatic nitrogens is 2. The summed E-state index contributed by atoms with van der Waals surface area (Å²) in [5.41, 5.74) is 2.01. The summed E-state index contributed by atoms with van der Waals surface area (Å²) in [5.74, 6) is -0.108. The molecule has 0 aliphatic carbocycles. The molecule has 28 heavy (non-hydrogen) atoms. The van der Waals surface area contributed by atoms with Crippen molar-refractivity contribution >= 4 is 16.9 Å². The highest BCUT2D eigenvalue weighted by Crippen LogP contribution is 2.29. The van der Waals surface area contributed by atoms with E-state index in [0.717, 1.165) is 5.56 Å². The van der Waals surface area contributed by atoms with Crippen molar-refractivity contribution < 1.29 is 18.0 Å². The van der Waals surface area contributed by atoms with Gasteiger partial charge in [0.05, 0.1) is 11.0 Å². The Morgan fingerprint density at radius 3 is 2.71 bits per heavy atom. The molecule has 1 unspecified atom stereocenters. The van der Waals surface area contributed by atoms with Crippen LogP contribution in [0.25, 0.3) is 11.0 Å². The lowest BCUT2D eigenvalue weighted by Gasteiger charge is -2.33. The Balaban J connectivity index is 1.69. The monoisotopic (exact) mass is 389 g/mol. The number of halogens is 3. The predicted octanol–water partition coefficient (Wildman–Crippen LogP) is 3.65. The third-order valence-electron chi connectivity index (χ3n) is 5.09. The SMILES string of the molecule is CC1CN(C(=O)c2ccc3[nH]c(=O)n(CC(F)(F)F)c3c2)Cc2ccccc21. The fourth-order valence-corrected chi connectivity index (χ4v) is 3.82. The number of nitrogens with zero attached hydrogens (tertiary/aromatic N) is 2. The number of imidazole rings is 1. The molecule has 0 fully saturated rings. The molecule has 5 nitrogen and oxygen atoms in total. The van der Waals surface area contributed by atoms with Crippen molar-refractivity contribution in [1.29, 1.82) is 0 Å². The highest BCUT2D eigenvalue weighted by atomic mass is 19.4. The van der Waals surface area contributed by atoms with Gasteiger partial charge in [-0.1, -0.05) is 31.2 Å². The number of aromatic amines is 1. The van der Waals surface area contributed by atoms with Crippen LogP contribution in [-0.2, 0) is 13.1 Å². The molecule has 2 heterocycles. The molecule has 1 atom stereocenters. The molecule has 0 saturated carbocycles. The minimum Gasteiger partial charge on any atom is -0.334 e. The number of rotatable bonds is 2. The number of fused-ring (bicyclic) bond motifs is 2. The Hall–Kier alpha value is -3.03. The molecule has 4 rings (SSSR count). The Morgan fingerprint density at radius 2 is 1.96 bits per heavy atom. The molecule has 1 N–H and O–H groups in total. The normalized spacial score (nSPS) is 17.0. The molecule has 2 aromatic carbocycles. The number of hydrogen-bond donors (Lipinski definition) is 1. The van der Waals surface area contributed by atoms with Crippen LogP contribution >= 0.6 is 0 Å². The maximum atomic E-state index is 13.0. The number of carbonyl (C=O) groups is 1. The molecule has 1 aromatic heterocycles. The smallest absolute Gasteiger partial charge is 0.334 e. The second kappa shape index (κ2) is 6.54. The first kappa shape index (κ1) is 18.3. The lowest BCUT2D eigenvalue weighted by Crippen LogP contribution is -2.37. The quantitative estimate of drug-likeness (QED) is 0.727. The van der Waals surface area contributed by atoms with E-state index in [1.807, 2.05) is 31.2 Å². The van der Waals surface area contributed by atoms with Crippen LogP contribution < -0.4 is 5.69 Å². The van der Waals surface area contributed by atoms with Crippen LogP contribution in [-0.4, -0.2) is 33.1 Å². The van der Waals surface area contributed by atoms with E-state index in [-0.39, 0.29) is 28.4 Å². The zero-order valence-electron chi connectivity index (χ0n) is 15.1. The summed E-state index contributed by atoms with van der Waals surface area (Å²) in [6.07, 6.45) is -4.54. The van der Waals surface area contributed by atoms with E-state index < -0.39 is 18.4 Å². The molecule has 0 saturated heterocycles. The van der Waals surface area contributed by atoms with Gasteiger partial charge in [-0.15, -0.1) is 0 Å². The second-order valence-corrected chi connectivity index (χ2v) is 7.15. The average molecular weight is 389 g/mol. The number of hydrogen-bond acceptors (Lipinski definition) is 2. The number of amides is 1. The van der Waals surface area contributed by atoms with Crippen LogP contribution in [0.2, 0.25) is 0 Å². The number of alkyl halides is 3. The fourth-order valence-electron chi connectivity index (χ4n) is 3.82. The van der Waals surface area contributed by atoms with Gasteiger partial charge in [0, 0.05) is 18.7 Å². The van der Waals surface area contributed by atoms with E-state index in [0.29, 0.717) is 17.7 Å². The maximum Gasteiger partial charge on any atom is 0.406 e. The largest absolute Gasteiger partial charge is 0.406 e. The van der Waals surface area contributed by atoms with Crippen LogP contribution in [0.3, 0.4) is 0 Å². The van der Waals surface area contributed by atoms with Crippen molar-refractivity contribution in [1.82, 2.24) is 14.5 Å². The first-order valence-electron chi connectivity index (χ1n) is 8.89. The summed E-state index contributed by atoms with van der Waals surface area (Å²) in [5, 5.41) is 0. The first-order chi connectivity index (χ1) is 13.2. The lowest BCUT2D eigenvalue weighted by atomic mass is 9.91. The van der Waals surface area contributed by atoms with Gasteiger partial charge in [-0.2, -0.15) is 13.2 Å². The summed E-state index contributed by atoms with van der Waals surface area (Å²) in [7, 11) is 0. The van der Waals surface area contributed by atoms with Gasteiger partial charge in [0.25, 0.3) is 5.91 Å². The predicted molar refractivity (Wildman–Crippen MR) is 98.2 cm³/mol. The van der Waals surface area contributed by atoms with Gasteiger partial charge < -0.3 is 9.88 Å². The van der Waals surface area contributed by atoms with Gasteiger partial charge in [0.1, 0.15) is 6.54 Å². The fraction of sp³-hybridized carbons (Fsp3) is 0.300. The van der Waals surface area contributed by atoms with Crippen molar-refractivity contribution in [3.8, 4) is 0 Å². The minimum atomic E-state index is -4.54. The second-order valence-electron chi connectivity index (χ2n) is 7.15. The molecule has 146 valence electrons. The highest BCUT2D eigenvalue weighted by molar-refractivity contribution is 5.97. The Labute approximate surface area is 158 Å². The van der Waals surface area contributed by atoms with Crippen LogP contribution in [0.5, 0.6) is 0 Å². The average Bonchev–Trinajstić information content (AvgIpc) is 2.94. The summed E-state index contributed by atoms with van der Waals surface area (Å²) < 4.78 is 39.0. The van der Waals surface area contributed by atoms with Crippen LogP contribution in [0.4, 0.5) is 13.2 Å². The summed E-state index contributed by atoms with van der Waals surface area (Å²) in [6, 6.07) is 12.3. The zero-order valence-corrected chi connectivity index (χ0v) is 15.1. The van der Waals surface area contributed by atoms with Gasteiger partial charge >= 0.3 is 11.9 Å². The molecule has 1 aliphatic heterocycles. The molecule has 0 bridgehead atoms. The molecule has 3 aromatic rings. The molecular weight excluding hydrogens is 371 g/mol. The van der Waals surface area contributed by atoms with Gasteiger partial charge in [0.15, 0.2) is 0 Å². The highest BCUT2D eigenvalue weighted by Gasteiger charge is 2.30. The molecule has 0 spiro atoms. The molecule has 1 amide bonds. The van der Waals surface area contributed by atoms with E-state index in [2.05, 4.69) is 4.98 Å². The van der Waals surface area contributed by atoms with Crippen molar-refractivity contribution in [3.63, 3.8) is 0 Å². The van der Waals surface area contributed by atoms with E-state index in [4.69, 9.17) is 0 Å². The number of benzene rings is 2. The summed E-state index contributed by atoms with van der Waals surface area (Å²) in [4.78, 5) is 29.0. The van der Waals surface area contributed by atoms with Crippen LogP contribution in [0.15, 0.2) is 47.3 Å². The molecule has 1 aliphatic rings. The van der Waals surface area contributed by atoms with Crippen molar-refractivity contribution in [2.75, 3.05) is 6.54 Å². The number of carbonyl (C=O) groups excluding carboxylic acids is 1. The van der Waals surface area contributed by atoms with Crippen molar-refractivity contribution in [2.24, 2.45) is 0 Å². The molecular formula is C20H18F3N3O2. The van der Waals surface area contributed by atoms with Gasteiger partial charge in [-0.3, -0.25) is 9.36 Å². The summed E-state index contributed by atoms with van der Waals surface area (Å²) >= 11 is 0. The Morgan fingerprint density at radius 1 is 1.21 bits per heavy atom. The summed E-state index contributed by atoms with van der Waals surface area (Å²) in [6.45, 7) is 1.60. The van der Waals surface area contributed by atoms with Crippen LogP contribution in [0.1, 0.15) is 34.3 Å². The van der Waals surface area contributed by atoms with E-state index in [1.165, 1.54) is 23.8 Å². The van der Waals surface area contributed by atoms with Crippen molar-refractivity contribution in [3.05, 3.63) is 69.6 Å². The third kappa shape index (κ3) is 3.30. The van der Waals surface area contributed by atoms with E-state index in [1.54, 1.807) is 4.90 Å².